The van der Waals surface area contributed by atoms with E-state index < -0.39 is 34.1 Å². The van der Waals surface area contributed by atoms with Gasteiger partial charge in [-0.2, -0.15) is 0 Å². The largest absolute Gasteiger partial charge is 0.760 e. The molecule has 2 unspecified atom stereocenters. The summed E-state index contributed by atoms with van der Waals surface area (Å²) in [4.78, 5) is 7.09. The van der Waals surface area contributed by atoms with Crippen molar-refractivity contribution in [3.63, 3.8) is 0 Å². The van der Waals surface area contributed by atoms with Crippen LogP contribution in [0.2, 0.25) is 0 Å². The van der Waals surface area contributed by atoms with E-state index in [1.165, 1.54) is 15.7 Å². The summed E-state index contributed by atoms with van der Waals surface area (Å²) < 4.78 is 75.2. The number of aryl methyl sites for hydroxylation is 1. The molecule has 13 heteroatoms. The van der Waals surface area contributed by atoms with E-state index in [1.807, 2.05) is 13.0 Å². The van der Waals surface area contributed by atoms with Crippen LogP contribution in [0.3, 0.4) is 0 Å². The lowest BCUT2D eigenvalue weighted by atomic mass is 9.96. The highest BCUT2D eigenvalue weighted by molar-refractivity contribution is 8.26. The molecule has 2 fully saturated rings. The van der Waals surface area contributed by atoms with E-state index in [4.69, 9.17) is 4.98 Å². The molecule has 37 heavy (non-hydrogen) atoms. The Labute approximate surface area is 219 Å². The van der Waals surface area contributed by atoms with E-state index in [-0.39, 0.29) is 13.0 Å². The van der Waals surface area contributed by atoms with Crippen molar-refractivity contribution in [2.24, 2.45) is 11.8 Å². The van der Waals surface area contributed by atoms with Gasteiger partial charge in [-0.3, -0.25) is 18.2 Å². The van der Waals surface area contributed by atoms with Crippen LogP contribution < -0.4 is 13.3 Å². The van der Waals surface area contributed by atoms with Crippen LogP contribution in [-0.2, 0) is 17.8 Å². The number of fused-ring (bicyclic) bond motifs is 1. The van der Waals surface area contributed by atoms with E-state index in [9.17, 15) is 26.6 Å². The Morgan fingerprint density at radius 2 is 1.95 bits per heavy atom. The predicted molar refractivity (Wildman–Crippen MR) is 141 cm³/mol. The number of rotatable bonds is 8. The molecule has 1 aliphatic carbocycles. The van der Waals surface area contributed by atoms with Crippen LogP contribution in [0.15, 0.2) is 30.3 Å². The van der Waals surface area contributed by atoms with Gasteiger partial charge in [-0.1, -0.05) is 12.1 Å². The second kappa shape index (κ2) is 10.0. The summed E-state index contributed by atoms with van der Waals surface area (Å²) in [5.74, 6) is -2.95. The molecule has 0 amide bonds. The zero-order valence-corrected chi connectivity index (χ0v) is 22.4. The van der Waals surface area contributed by atoms with Crippen molar-refractivity contribution in [2.75, 3.05) is 41.8 Å². The Bertz CT molecular complexity index is 1200. The summed E-state index contributed by atoms with van der Waals surface area (Å²) in [6.45, 7) is 4.86. The summed E-state index contributed by atoms with van der Waals surface area (Å²) in [6.07, 6.45) is 1.61. The summed E-state index contributed by atoms with van der Waals surface area (Å²) in [5, 5.41) is 0. The Balaban J connectivity index is 1.31. The maximum absolute atomic E-state index is 13.6. The van der Waals surface area contributed by atoms with Crippen molar-refractivity contribution in [1.29, 1.82) is 0 Å². The number of aromatic nitrogens is 1. The number of piperidine rings is 1. The lowest BCUT2D eigenvalue weighted by Crippen LogP contribution is -2.37. The van der Waals surface area contributed by atoms with Crippen LogP contribution in [0.5, 0.6) is 0 Å². The SMILES string of the molecule is Cc1ccc(CN2CCC(CNS(=O)[O-])CC2)cc1-c1ccc2c(n1)N(C)S(O)(O)N2CC1CC1(F)F. The number of nitrogens with one attached hydrogen (secondary N) is 1. The first kappa shape index (κ1) is 26.7. The van der Waals surface area contributed by atoms with Gasteiger partial charge in [-0.05, 0) is 79.1 Å². The van der Waals surface area contributed by atoms with Crippen LogP contribution in [0.25, 0.3) is 11.3 Å². The van der Waals surface area contributed by atoms with Gasteiger partial charge in [-0.15, -0.1) is 0 Å². The number of hydrogen-bond acceptors (Lipinski definition) is 8. The molecule has 1 saturated carbocycles. The number of alkyl halides is 2. The molecule has 2 aliphatic heterocycles. The number of benzene rings is 1. The van der Waals surface area contributed by atoms with Gasteiger partial charge in [-0.25, -0.2) is 27.1 Å². The monoisotopic (exact) mass is 556 g/mol. The van der Waals surface area contributed by atoms with Crippen LogP contribution in [-0.4, -0.2) is 66.9 Å². The molecule has 1 aromatic heterocycles. The molecule has 3 heterocycles. The number of anilines is 2. The number of pyridine rings is 1. The summed E-state index contributed by atoms with van der Waals surface area (Å²) >= 11 is -2.22. The van der Waals surface area contributed by atoms with Crippen molar-refractivity contribution in [3.8, 4) is 11.3 Å². The third-order valence-corrected chi connectivity index (χ3v) is 9.85. The molecule has 5 rings (SSSR count). The van der Waals surface area contributed by atoms with Gasteiger partial charge < -0.3 is 4.55 Å². The molecule has 3 aliphatic rings. The van der Waals surface area contributed by atoms with Crippen LogP contribution >= 0.6 is 11.0 Å². The summed E-state index contributed by atoms with van der Waals surface area (Å²) in [6, 6.07) is 9.75. The molecule has 1 saturated heterocycles. The van der Waals surface area contributed by atoms with E-state index in [0.717, 1.165) is 49.2 Å². The smallest absolute Gasteiger partial charge is 0.253 e. The third kappa shape index (κ3) is 5.49. The van der Waals surface area contributed by atoms with Gasteiger partial charge in [0.15, 0.2) is 5.82 Å². The molecule has 9 nitrogen and oxygen atoms in total. The highest BCUT2D eigenvalue weighted by Gasteiger charge is 2.59. The van der Waals surface area contributed by atoms with Gasteiger partial charge in [0.25, 0.3) is 5.92 Å². The Morgan fingerprint density at radius 3 is 2.59 bits per heavy atom. The third-order valence-electron chi connectivity index (χ3n) is 7.61. The van der Waals surface area contributed by atoms with Gasteiger partial charge in [0.1, 0.15) is 5.69 Å². The van der Waals surface area contributed by atoms with Crippen molar-refractivity contribution in [1.82, 2.24) is 14.6 Å². The lowest BCUT2D eigenvalue weighted by Gasteiger charge is -2.41. The first-order valence-electron chi connectivity index (χ1n) is 12.3. The molecule has 0 radical (unpaired) electrons. The van der Waals surface area contributed by atoms with Gasteiger partial charge in [0, 0.05) is 55.9 Å². The highest BCUT2D eigenvalue weighted by atomic mass is 32.3. The fourth-order valence-electron chi connectivity index (χ4n) is 5.12. The zero-order chi connectivity index (χ0) is 26.5. The van der Waals surface area contributed by atoms with Crippen molar-refractivity contribution in [2.45, 2.75) is 38.7 Å². The van der Waals surface area contributed by atoms with Crippen molar-refractivity contribution < 1.29 is 26.6 Å². The van der Waals surface area contributed by atoms with Gasteiger partial charge in [0.2, 0.25) is 0 Å². The normalized spacial score (nSPS) is 24.7. The second-order valence-corrected chi connectivity index (χ2v) is 12.9. The topological polar surface area (TPSA) is 115 Å². The van der Waals surface area contributed by atoms with Gasteiger partial charge >= 0.3 is 0 Å². The Hall–Kier alpha value is -1.87. The zero-order valence-electron chi connectivity index (χ0n) is 20.8. The molecule has 1 aromatic carbocycles. The average Bonchev–Trinajstić information content (AvgIpc) is 3.42. The Morgan fingerprint density at radius 1 is 1.24 bits per heavy atom. The van der Waals surface area contributed by atoms with Crippen molar-refractivity contribution in [3.05, 3.63) is 41.5 Å². The lowest BCUT2D eigenvalue weighted by molar-refractivity contribution is 0.101. The molecular formula is C24H32F2N5O4S2-. The van der Waals surface area contributed by atoms with Gasteiger partial charge in [0.05, 0.1) is 5.69 Å². The minimum Gasteiger partial charge on any atom is -0.760 e. The predicted octanol–water partition coefficient (Wildman–Crippen LogP) is 4.14. The Kier molecular flexibility index (Phi) is 7.24. The molecule has 2 atom stereocenters. The minimum atomic E-state index is -3.45. The number of likely N-dealkylation sites (tertiary alicyclic amines) is 1. The fourth-order valence-corrected chi connectivity index (χ4v) is 6.94. The average molecular weight is 557 g/mol. The minimum absolute atomic E-state index is 0.135. The van der Waals surface area contributed by atoms with Crippen molar-refractivity contribution >= 4 is 33.7 Å². The van der Waals surface area contributed by atoms with Crippen LogP contribution in [0, 0.1) is 18.8 Å². The van der Waals surface area contributed by atoms with Crippen LogP contribution in [0.1, 0.15) is 30.4 Å². The number of halogens is 2. The molecule has 0 bridgehead atoms. The standard InChI is InChI=1S/C24H33F2N5O4S2/c1-16-3-4-18(14-30-9-7-17(8-10-30)13-27-36(32)33)11-20(16)21-5-6-22-23(28-21)29(2)37(34,35)31(22)15-19-12-24(19,25)26/h3-6,11,17,19,27,34-35H,7-10,12-15H2,1-2H3,(H,32,33)/p-1. The number of nitrogens with zero attached hydrogens (tertiary/aromatic N) is 4. The molecule has 0 spiro atoms. The van der Waals surface area contributed by atoms with E-state index >= 15 is 0 Å². The first-order chi connectivity index (χ1) is 17.5. The van der Waals surface area contributed by atoms with E-state index in [0.29, 0.717) is 29.7 Å². The first-order valence-corrected chi connectivity index (χ1v) is 14.8. The number of hydrogen-bond donors (Lipinski definition) is 3. The van der Waals surface area contributed by atoms with Crippen LogP contribution in [0.4, 0.5) is 20.3 Å². The molecule has 204 valence electrons. The molecular weight excluding hydrogens is 524 g/mol. The van der Waals surface area contributed by atoms with E-state index in [2.05, 4.69) is 21.8 Å². The summed E-state index contributed by atoms with van der Waals surface area (Å²) in [7, 11) is -1.93. The molecule has 3 N–H and O–H groups in total. The fraction of sp³-hybridized carbons (Fsp3) is 0.542. The maximum atomic E-state index is 13.6. The maximum Gasteiger partial charge on any atom is 0.253 e. The summed E-state index contributed by atoms with van der Waals surface area (Å²) in [5.41, 5.74) is 4.19. The molecule has 2 aromatic rings. The quantitative estimate of drug-likeness (QED) is 0.416. The van der Waals surface area contributed by atoms with E-state index in [1.54, 1.807) is 12.1 Å². The second-order valence-electron chi connectivity index (χ2n) is 10.2. The highest BCUT2D eigenvalue weighted by Crippen LogP contribution is 2.62.